The summed E-state index contributed by atoms with van der Waals surface area (Å²) in [7, 11) is 0. The molecule has 9 nitrogen and oxygen atoms in total. The summed E-state index contributed by atoms with van der Waals surface area (Å²) in [5, 5.41) is 22.5. The summed E-state index contributed by atoms with van der Waals surface area (Å²) in [6, 6.07) is 4.41. The van der Waals surface area contributed by atoms with Crippen LogP contribution >= 0.6 is 0 Å². The standard InChI is InChI=1S/C13H12N2O7/c16-6-10-11(17)5-14-12(10)13(18)22-21-7-8-1-3-9(4-2-8)15(19)20/h1-4,11-12,14,17H,5,7H2. The van der Waals surface area contributed by atoms with Crippen LogP contribution in [-0.4, -0.2) is 40.6 Å². The van der Waals surface area contributed by atoms with Gasteiger partial charge < -0.3 is 5.11 Å². The maximum Gasteiger partial charge on any atom is 0.364 e. The van der Waals surface area contributed by atoms with Crippen LogP contribution in [0.25, 0.3) is 0 Å². The highest BCUT2D eigenvalue weighted by molar-refractivity contribution is 5.84. The van der Waals surface area contributed by atoms with Crippen LogP contribution in [-0.2, 0) is 26.0 Å². The number of nitrogens with zero attached hydrogens (tertiary/aromatic N) is 1. The maximum absolute atomic E-state index is 11.7. The molecule has 1 aromatic rings. The lowest BCUT2D eigenvalue weighted by atomic mass is 10.1. The summed E-state index contributed by atoms with van der Waals surface area (Å²) in [5.41, 5.74) is 0.360. The molecule has 22 heavy (non-hydrogen) atoms. The number of nitro groups is 1. The highest BCUT2D eigenvalue weighted by Gasteiger charge is 2.36. The molecule has 2 atom stereocenters. The van der Waals surface area contributed by atoms with Crippen LogP contribution in [0.1, 0.15) is 5.56 Å². The topological polar surface area (TPSA) is 128 Å². The Morgan fingerprint density at radius 2 is 2.14 bits per heavy atom. The van der Waals surface area contributed by atoms with Crippen LogP contribution in [0.4, 0.5) is 5.69 Å². The Hall–Kier alpha value is -2.58. The molecule has 1 heterocycles. The van der Waals surface area contributed by atoms with Gasteiger partial charge >= 0.3 is 5.97 Å². The van der Waals surface area contributed by atoms with Crippen molar-refractivity contribution in [1.82, 2.24) is 5.32 Å². The van der Waals surface area contributed by atoms with Crippen LogP contribution in [0.3, 0.4) is 0 Å². The van der Waals surface area contributed by atoms with Crippen LogP contribution in [0.5, 0.6) is 0 Å². The van der Waals surface area contributed by atoms with E-state index in [-0.39, 0.29) is 24.4 Å². The Morgan fingerprint density at radius 1 is 1.45 bits per heavy atom. The third kappa shape index (κ3) is 3.54. The Kier molecular flexibility index (Phi) is 4.97. The van der Waals surface area contributed by atoms with Gasteiger partial charge in [0.25, 0.3) is 5.69 Å². The summed E-state index contributed by atoms with van der Waals surface area (Å²) in [5.74, 6) is 0.626. The number of non-ortho nitro benzene ring substituents is 1. The van der Waals surface area contributed by atoms with E-state index in [1.165, 1.54) is 30.2 Å². The second-order valence-electron chi connectivity index (χ2n) is 4.50. The number of nitro benzene ring substituents is 1. The number of carbonyl (C=O) groups excluding carboxylic acids is 2. The van der Waals surface area contributed by atoms with Crippen LogP contribution < -0.4 is 5.32 Å². The van der Waals surface area contributed by atoms with Gasteiger partial charge in [-0.3, -0.25) is 20.3 Å². The van der Waals surface area contributed by atoms with E-state index in [0.717, 1.165) is 0 Å². The average molecular weight is 308 g/mol. The molecule has 0 radical (unpaired) electrons. The van der Waals surface area contributed by atoms with E-state index in [2.05, 4.69) is 10.2 Å². The van der Waals surface area contributed by atoms with Crippen molar-refractivity contribution < 1.29 is 29.4 Å². The van der Waals surface area contributed by atoms with Gasteiger partial charge in [-0.05, 0) is 17.7 Å². The first-order valence-electron chi connectivity index (χ1n) is 6.26. The number of carbonyl (C=O) groups is 1. The zero-order chi connectivity index (χ0) is 16.1. The summed E-state index contributed by atoms with van der Waals surface area (Å²) >= 11 is 0. The second-order valence-corrected chi connectivity index (χ2v) is 4.50. The van der Waals surface area contributed by atoms with Crippen molar-refractivity contribution in [2.75, 3.05) is 6.54 Å². The van der Waals surface area contributed by atoms with Gasteiger partial charge in [-0.25, -0.2) is 9.59 Å². The van der Waals surface area contributed by atoms with Gasteiger partial charge in [-0.1, -0.05) is 0 Å². The first-order valence-corrected chi connectivity index (χ1v) is 6.26. The summed E-state index contributed by atoms with van der Waals surface area (Å²) in [4.78, 5) is 41.6. The quantitative estimate of drug-likeness (QED) is 0.327. The fourth-order valence-electron chi connectivity index (χ4n) is 1.90. The number of benzene rings is 1. The number of β-amino-alcohol motifs (C(OH)–C–C–N with tert-alkyl or cyclic N) is 1. The average Bonchev–Trinajstić information content (AvgIpc) is 2.88. The van der Waals surface area contributed by atoms with Gasteiger partial charge in [-0.15, -0.1) is 0 Å². The molecule has 2 rings (SSSR count). The van der Waals surface area contributed by atoms with Gasteiger partial charge in [0.15, 0.2) is 0 Å². The lowest BCUT2D eigenvalue weighted by Crippen LogP contribution is -2.33. The molecule has 0 aromatic heterocycles. The van der Waals surface area contributed by atoms with Gasteiger partial charge in [-0.2, -0.15) is 4.89 Å². The number of hydrogen-bond donors (Lipinski definition) is 2. The molecule has 0 spiro atoms. The predicted octanol–water partition coefficient (Wildman–Crippen LogP) is -0.340. The monoisotopic (exact) mass is 308 g/mol. The fourth-order valence-corrected chi connectivity index (χ4v) is 1.90. The summed E-state index contributed by atoms with van der Waals surface area (Å²) in [6.07, 6.45) is -1.08. The Bertz CT molecular complexity index is 622. The number of aliphatic hydroxyl groups excluding tert-OH is 1. The Morgan fingerprint density at radius 3 is 2.73 bits per heavy atom. The minimum absolute atomic E-state index is 0.0483. The minimum Gasteiger partial charge on any atom is -0.387 e. The molecule has 116 valence electrons. The minimum atomic E-state index is -1.09. The molecule has 1 aromatic carbocycles. The first-order chi connectivity index (χ1) is 10.5. The fraction of sp³-hybridized carbons (Fsp3) is 0.308. The van der Waals surface area contributed by atoms with E-state index in [9.17, 15) is 24.8 Å². The van der Waals surface area contributed by atoms with E-state index in [0.29, 0.717) is 5.56 Å². The third-order valence-corrected chi connectivity index (χ3v) is 3.05. The van der Waals surface area contributed by atoms with Crippen molar-refractivity contribution in [3.63, 3.8) is 0 Å². The van der Waals surface area contributed by atoms with E-state index < -0.39 is 23.0 Å². The molecule has 0 bridgehead atoms. The van der Waals surface area contributed by atoms with Crippen LogP contribution in [0, 0.1) is 10.1 Å². The molecule has 0 saturated carbocycles. The van der Waals surface area contributed by atoms with Crippen molar-refractivity contribution in [2.45, 2.75) is 18.8 Å². The van der Waals surface area contributed by atoms with Gasteiger partial charge in [0.05, 0.1) is 10.5 Å². The van der Waals surface area contributed by atoms with Gasteiger partial charge in [0, 0.05) is 18.7 Å². The van der Waals surface area contributed by atoms with E-state index in [1.807, 2.05) is 0 Å². The van der Waals surface area contributed by atoms with Crippen molar-refractivity contribution in [3.8, 4) is 0 Å². The molecular formula is C13H12N2O7. The summed E-state index contributed by atoms with van der Waals surface area (Å²) < 4.78 is 0. The van der Waals surface area contributed by atoms with Crippen molar-refractivity contribution in [1.29, 1.82) is 0 Å². The molecular weight excluding hydrogens is 296 g/mol. The number of nitrogens with one attached hydrogen (secondary N) is 1. The molecule has 2 N–H and O–H groups in total. The van der Waals surface area contributed by atoms with E-state index in [1.54, 1.807) is 0 Å². The van der Waals surface area contributed by atoms with Crippen LogP contribution in [0.15, 0.2) is 29.8 Å². The molecule has 1 fully saturated rings. The molecule has 2 unspecified atom stereocenters. The Labute approximate surface area is 124 Å². The normalized spacial score (nSPS) is 20.5. The Balaban J connectivity index is 1.84. The lowest BCUT2D eigenvalue weighted by molar-refractivity contribution is -0.384. The first kappa shape index (κ1) is 15.8. The highest BCUT2D eigenvalue weighted by Crippen LogP contribution is 2.15. The SMILES string of the molecule is O=C=C1C(O)CNC1C(=O)OOCc1ccc([N+](=O)[O-])cc1. The number of hydrogen-bond acceptors (Lipinski definition) is 8. The lowest BCUT2D eigenvalue weighted by Gasteiger charge is -2.09. The van der Waals surface area contributed by atoms with E-state index >= 15 is 0 Å². The number of rotatable bonds is 5. The molecule has 1 aliphatic rings. The zero-order valence-electron chi connectivity index (χ0n) is 11.2. The summed E-state index contributed by atoms with van der Waals surface area (Å²) in [6.45, 7) is -0.0637. The maximum atomic E-state index is 11.7. The van der Waals surface area contributed by atoms with Crippen LogP contribution in [0.2, 0.25) is 0 Å². The second kappa shape index (κ2) is 6.92. The molecule has 1 saturated heterocycles. The molecule has 1 aliphatic heterocycles. The van der Waals surface area contributed by atoms with Crippen molar-refractivity contribution in [2.24, 2.45) is 0 Å². The number of aliphatic hydroxyl groups is 1. The van der Waals surface area contributed by atoms with Crippen molar-refractivity contribution in [3.05, 3.63) is 45.5 Å². The largest absolute Gasteiger partial charge is 0.387 e. The highest BCUT2D eigenvalue weighted by atomic mass is 17.2. The van der Waals surface area contributed by atoms with E-state index in [4.69, 9.17) is 4.89 Å². The molecule has 0 aliphatic carbocycles. The molecule has 9 heteroatoms. The third-order valence-electron chi connectivity index (χ3n) is 3.05. The zero-order valence-corrected chi connectivity index (χ0v) is 11.2. The van der Waals surface area contributed by atoms with Gasteiger partial charge in [0.2, 0.25) is 0 Å². The molecule has 0 amide bonds. The van der Waals surface area contributed by atoms with Gasteiger partial charge in [0.1, 0.15) is 24.7 Å². The predicted molar refractivity (Wildman–Crippen MR) is 71.0 cm³/mol. The van der Waals surface area contributed by atoms with Crippen molar-refractivity contribution >= 4 is 17.6 Å². The smallest absolute Gasteiger partial charge is 0.364 e.